The van der Waals surface area contributed by atoms with Crippen molar-refractivity contribution in [3.8, 4) is 0 Å². The third-order valence-corrected chi connectivity index (χ3v) is 2.12. The zero-order chi connectivity index (χ0) is 5.33. The number of hydrogen-bond acceptors (Lipinski definition) is 3. The SMILES string of the molecule is O=S1(=O)CCOC1. The summed E-state index contributed by atoms with van der Waals surface area (Å²) in [6.07, 6.45) is 0. The molecule has 4 heteroatoms. The molecule has 0 N–H and O–H groups in total. The molecule has 1 fully saturated rings. The maximum atomic E-state index is 10.3. The van der Waals surface area contributed by atoms with Crippen LogP contribution in [0, 0.1) is 0 Å². The van der Waals surface area contributed by atoms with Crippen LogP contribution in [0.25, 0.3) is 0 Å². The molecule has 0 aromatic carbocycles. The summed E-state index contributed by atoms with van der Waals surface area (Å²) in [6.45, 7) is 0.377. The molecule has 0 aromatic heterocycles. The molecule has 1 rings (SSSR count). The maximum absolute atomic E-state index is 10.3. The smallest absolute Gasteiger partial charge is 0.176 e. The first-order valence-corrected chi connectivity index (χ1v) is 3.81. The molecule has 0 aromatic rings. The Morgan fingerprint density at radius 1 is 1.43 bits per heavy atom. The van der Waals surface area contributed by atoms with E-state index in [4.69, 9.17) is 0 Å². The summed E-state index contributed by atoms with van der Waals surface area (Å²) in [6, 6.07) is 0. The molecule has 0 aliphatic carbocycles. The van der Waals surface area contributed by atoms with E-state index in [1.165, 1.54) is 0 Å². The molecule has 1 saturated heterocycles. The molecular formula is C3H6O3S. The maximum Gasteiger partial charge on any atom is 0.176 e. The third kappa shape index (κ3) is 1.14. The van der Waals surface area contributed by atoms with Crippen molar-refractivity contribution < 1.29 is 13.2 Å². The minimum absolute atomic E-state index is 0.0764. The lowest BCUT2D eigenvalue weighted by Gasteiger charge is -1.80. The van der Waals surface area contributed by atoms with E-state index in [-0.39, 0.29) is 11.7 Å². The number of sulfone groups is 1. The average molecular weight is 122 g/mol. The van der Waals surface area contributed by atoms with Gasteiger partial charge in [-0.15, -0.1) is 0 Å². The predicted octanol–water partition coefficient (Wildman–Crippen LogP) is -0.611. The van der Waals surface area contributed by atoms with Gasteiger partial charge in [0.05, 0.1) is 12.4 Å². The van der Waals surface area contributed by atoms with Crippen molar-refractivity contribution in [2.45, 2.75) is 0 Å². The first kappa shape index (κ1) is 5.05. The van der Waals surface area contributed by atoms with E-state index in [0.717, 1.165) is 0 Å². The van der Waals surface area contributed by atoms with Gasteiger partial charge < -0.3 is 4.74 Å². The highest BCUT2D eigenvalue weighted by Crippen LogP contribution is 1.98. The quantitative estimate of drug-likeness (QED) is 0.430. The molecule has 0 bridgehead atoms. The van der Waals surface area contributed by atoms with Crippen LogP contribution in [0.4, 0.5) is 0 Å². The van der Waals surface area contributed by atoms with Crippen molar-refractivity contribution in [3.05, 3.63) is 0 Å². The van der Waals surface area contributed by atoms with E-state index in [1.54, 1.807) is 0 Å². The molecule has 0 unspecified atom stereocenters. The van der Waals surface area contributed by atoms with E-state index in [1.807, 2.05) is 0 Å². The fraction of sp³-hybridized carbons (Fsp3) is 1.00. The van der Waals surface area contributed by atoms with E-state index in [0.29, 0.717) is 6.61 Å². The Labute approximate surface area is 42.2 Å². The Bertz CT molecular complexity index is 134. The van der Waals surface area contributed by atoms with Crippen LogP contribution in [0.5, 0.6) is 0 Å². The molecule has 0 amide bonds. The fourth-order valence-electron chi connectivity index (χ4n) is 0.431. The lowest BCUT2D eigenvalue weighted by atomic mass is 10.9. The van der Waals surface area contributed by atoms with Crippen LogP contribution < -0.4 is 0 Å². The van der Waals surface area contributed by atoms with Crippen molar-refractivity contribution in [2.24, 2.45) is 0 Å². The Morgan fingerprint density at radius 2 is 2.14 bits per heavy atom. The second kappa shape index (κ2) is 1.45. The summed E-state index contributed by atoms with van der Waals surface area (Å²) in [5, 5.41) is 0. The van der Waals surface area contributed by atoms with E-state index in [9.17, 15) is 8.42 Å². The molecule has 0 atom stereocenters. The zero-order valence-electron chi connectivity index (χ0n) is 3.75. The van der Waals surface area contributed by atoms with E-state index in [2.05, 4.69) is 4.74 Å². The average Bonchev–Trinajstić information content (AvgIpc) is 1.84. The number of ether oxygens (including phenoxy) is 1. The highest BCUT2D eigenvalue weighted by molar-refractivity contribution is 7.91. The van der Waals surface area contributed by atoms with Gasteiger partial charge in [-0.05, 0) is 0 Å². The second-order valence-electron chi connectivity index (χ2n) is 1.47. The van der Waals surface area contributed by atoms with Gasteiger partial charge >= 0.3 is 0 Å². The predicted molar refractivity (Wildman–Crippen MR) is 24.6 cm³/mol. The van der Waals surface area contributed by atoms with Crippen LogP contribution in [0.1, 0.15) is 0 Å². The molecule has 0 spiro atoms. The second-order valence-corrected chi connectivity index (χ2v) is 3.60. The van der Waals surface area contributed by atoms with Crippen LogP contribution >= 0.6 is 0 Å². The first-order chi connectivity index (χ1) is 3.21. The van der Waals surface area contributed by atoms with Crippen molar-refractivity contribution in [3.63, 3.8) is 0 Å². The van der Waals surface area contributed by atoms with E-state index >= 15 is 0 Å². The van der Waals surface area contributed by atoms with Crippen molar-refractivity contribution in [2.75, 3.05) is 18.3 Å². The summed E-state index contributed by atoms with van der Waals surface area (Å²) >= 11 is 0. The Balaban J connectivity index is 2.76. The summed E-state index contributed by atoms with van der Waals surface area (Å²) in [5.41, 5.74) is 0. The van der Waals surface area contributed by atoms with Crippen LogP contribution in [0.2, 0.25) is 0 Å². The van der Waals surface area contributed by atoms with Gasteiger partial charge in [0, 0.05) is 0 Å². The number of hydrogen-bond donors (Lipinski definition) is 0. The van der Waals surface area contributed by atoms with Crippen LogP contribution in [-0.4, -0.2) is 26.7 Å². The van der Waals surface area contributed by atoms with Crippen LogP contribution in [0.15, 0.2) is 0 Å². The summed E-state index contributed by atoms with van der Waals surface area (Å²) < 4.78 is 25.2. The van der Waals surface area contributed by atoms with Crippen molar-refractivity contribution in [1.29, 1.82) is 0 Å². The zero-order valence-corrected chi connectivity index (χ0v) is 4.57. The monoisotopic (exact) mass is 122 g/mol. The van der Waals surface area contributed by atoms with Gasteiger partial charge in [0.2, 0.25) is 0 Å². The minimum atomic E-state index is -2.77. The van der Waals surface area contributed by atoms with Gasteiger partial charge in [0.25, 0.3) is 0 Å². The number of rotatable bonds is 0. The Hall–Kier alpha value is -0.0900. The third-order valence-electron chi connectivity index (χ3n) is 0.802. The van der Waals surface area contributed by atoms with Crippen molar-refractivity contribution >= 4 is 9.84 Å². The highest BCUT2D eigenvalue weighted by atomic mass is 32.2. The van der Waals surface area contributed by atoms with Gasteiger partial charge in [0.15, 0.2) is 9.84 Å². The van der Waals surface area contributed by atoms with Crippen molar-refractivity contribution in [1.82, 2.24) is 0 Å². The molecule has 1 heterocycles. The van der Waals surface area contributed by atoms with Gasteiger partial charge in [0.1, 0.15) is 5.94 Å². The molecule has 1 aliphatic rings. The van der Waals surface area contributed by atoms with Crippen LogP contribution in [-0.2, 0) is 14.6 Å². The molecule has 1 aliphatic heterocycles. The first-order valence-electron chi connectivity index (χ1n) is 1.99. The topological polar surface area (TPSA) is 43.4 Å². The van der Waals surface area contributed by atoms with E-state index < -0.39 is 9.84 Å². The van der Waals surface area contributed by atoms with Gasteiger partial charge in [-0.2, -0.15) is 0 Å². The largest absolute Gasteiger partial charge is 0.365 e. The summed E-state index contributed by atoms with van der Waals surface area (Å²) in [7, 11) is -2.77. The molecule has 42 valence electrons. The summed E-state index contributed by atoms with van der Waals surface area (Å²) in [4.78, 5) is 0. The van der Waals surface area contributed by atoms with Crippen LogP contribution in [0.3, 0.4) is 0 Å². The fourth-order valence-corrected chi connectivity index (χ4v) is 1.29. The molecule has 3 nitrogen and oxygen atoms in total. The minimum Gasteiger partial charge on any atom is -0.365 e. The molecule has 0 saturated carbocycles. The Kier molecular flexibility index (Phi) is 1.05. The standard InChI is InChI=1S/C3H6O3S/c4-7(5)2-1-6-3-7/h1-3H2. The molecule has 7 heavy (non-hydrogen) atoms. The van der Waals surface area contributed by atoms with Gasteiger partial charge in [-0.1, -0.05) is 0 Å². The molecular weight excluding hydrogens is 116 g/mol. The van der Waals surface area contributed by atoms with Gasteiger partial charge in [-0.3, -0.25) is 0 Å². The Morgan fingerprint density at radius 3 is 2.29 bits per heavy atom. The highest BCUT2D eigenvalue weighted by Gasteiger charge is 2.16. The lowest BCUT2D eigenvalue weighted by Crippen LogP contribution is -1.99. The normalized spacial score (nSPS) is 28.0. The summed E-state index contributed by atoms with van der Waals surface area (Å²) in [5.74, 6) is 0.125. The van der Waals surface area contributed by atoms with Gasteiger partial charge in [-0.25, -0.2) is 8.42 Å². The molecule has 0 radical (unpaired) electrons. The lowest BCUT2D eigenvalue weighted by molar-refractivity contribution is 0.215.